The van der Waals surface area contributed by atoms with Crippen LogP contribution in [0.25, 0.3) is 11.3 Å². The fraction of sp³-hybridized carbons (Fsp3) is 0.393. The van der Waals surface area contributed by atoms with Crippen molar-refractivity contribution in [3.05, 3.63) is 76.0 Å². The smallest absolute Gasteiger partial charge is 0.255 e. The molecule has 6 heteroatoms. The van der Waals surface area contributed by atoms with Crippen molar-refractivity contribution in [1.82, 2.24) is 20.4 Å². The van der Waals surface area contributed by atoms with Gasteiger partial charge >= 0.3 is 0 Å². The minimum absolute atomic E-state index is 0.0454. The van der Waals surface area contributed by atoms with E-state index in [2.05, 4.69) is 35.4 Å². The van der Waals surface area contributed by atoms with E-state index in [1.165, 1.54) is 11.3 Å². The number of nitrogens with zero attached hydrogens (tertiary/aromatic N) is 2. The molecule has 0 saturated carbocycles. The molecule has 2 heterocycles. The Balaban J connectivity index is 1.35. The number of H-pyrrole nitrogens is 1. The van der Waals surface area contributed by atoms with E-state index in [1.807, 2.05) is 62.1 Å². The Bertz CT molecular complexity index is 1270. The molecule has 5 rings (SSSR count). The zero-order chi connectivity index (χ0) is 24.2. The quantitative estimate of drug-likeness (QED) is 0.564. The van der Waals surface area contributed by atoms with Gasteiger partial charge in [0.1, 0.15) is 0 Å². The van der Waals surface area contributed by atoms with Gasteiger partial charge in [-0.1, -0.05) is 32.0 Å². The minimum atomic E-state index is -0.0963. The highest BCUT2D eigenvalue weighted by molar-refractivity contribution is 5.99. The van der Waals surface area contributed by atoms with Gasteiger partial charge in [-0.25, -0.2) is 0 Å². The number of aromatic amines is 1. The first kappa shape index (κ1) is 22.4. The van der Waals surface area contributed by atoms with Crippen molar-refractivity contribution in [2.75, 3.05) is 0 Å². The number of carbonyl (C=O) groups excluding carboxylic acids is 2. The molecule has 6 nitrogen and oxygen atoms in total. The third-order valence-corrected chi connectivity index (χ3v) is 7.02. The second-order valence-electron chi connectivity index (χ2n) is 10.8. The van der Waals surface area contributed by atoms with Gasteiger partial charge in [-0.15, -0.1) is 0 Å². The summed E-state index contributed by atoms with van der Waals surface area (Å²) in [4.78, 5) is 27.4. The largest absolute Gasteiger partial charge is 0.350 e. The number of fused-ring (bicyclic) bond motifs is 2. The van der Waals surface area contributed by atoms with Crippen molar-refractivity contribution in [3.8, 4) is 11.3 Å². The van der Waals surface area contributed by atoms with E-state index in [4.69, 9.17) is 0 Å². The number of hydrogen-bond donors (Lipinski definition) is 2. The van der Waals surface area contributed by atoms with Gasteiger partial charge in [0.15, 0.2) is 0 Å². The van der Waals surface area contributed by atoms with Gasteiger partial charge in [0, 0.05) is 40.5 Å². The lowest BCUT2D eigenvalue weighted by atomic mass is 9.90. The van der Waals surface area contributed by atoms with E-state index in [-0.39, 0.29) is 29.3 Å². The molecule has 2 N–H and O–H groups in total. The molecule has 1 aliphatic carbocycles. The first-order valence-electron chi connectivity index (χ1n) is 12.0. The molecule has 0 fully saturated rings. The molecule has 0 bridgehead atoms. The highest BCUT2D eigenvalue weighted by Gasteiger charge is 2.35. The van der Waals surface area contributed by atoms with Gasteiger partial charge in [0.25, 0.3) is 11.8 Å². The minimum Gasteiger partial charge on any atom is -0.350 e. The van der Waals surface area contributed by atoms with Crippen molar-refractivity contribution in [2.24, 2.45) is 5.41 Å². The van der Waals surface area contributed by atoms with Crippen LogP contribution in [-0.2, 0) is 19.4 Å². The standard InChI is InChI=1S/C28H32N4O2/c1-16(2)29-26(33)19-8-6-18(7-9-19)17(3)32-15-21-12-20(10-11-22(21)27(32)34)25-23-13-28(4,5)14-24(23)30-31-25/h6-12,16-17H,13-15H2,1-5H3,(H,29,33)(H,30,31). The summed E-state index contributed by atoms with van der Waals surface area (Å²) in [5, 5.41) is 10.7. The number of amides is 2. The molecule has 176 valence electrons. The van der Waals surface area contributed by atoms with Crippen LogP contribution in [0.2, 0.25) is 0 Å². The lowest BCUT2D eigenvalue weighted by molar-refractivity contribution is 0.0715. The second kappa shape index (κ2) is 8.12. The Morgan fingerprint density at radius 1 is 1.09 bits per heavy atom. The van der Waals surface area contributed by atoms with E-state index in [0.717, 1.165) is 40.8 Å². The average Bonchev–Trinajstić information content (AvgIpc) is 3.42. The maximum absolute atomic E-state index is 13.2. The van der Waals surface area contributed by atoms with E-state index in [9.17, 15) is 9.59 Å². The highest BCUT2D eigenvalue weighted by Crippen LogP contribution is 2.41. The van der Waals surface area contributed by atoms with Crippen LogP contribution in [0.4, 0.5) is 0 Å². The summed E-state index contributed by atoms with van der Waals surface area (Å²) >= 11 is 0. The first-order valence-corrected chi connectivity index (χ1v) is 12.0. The molecule has 3 aromatic rings. The number of hydrogen-bond acceptors (Lipinski definition) is 3. The fourth-order valence-electron chi connectivity index (χ4n) is 5.24. The normalized spacial score (nSPS) is 17.1. The lowest BCUT2D eigenvalue weighted by Gasteiger charge is -2.25. The van der Waals surface area contributed by atoms with Gasteiger partial charge in [0.05, 0.1) is 11.7 Å². The Morgan fingerprint density at radius 2 is 1.82 bits per heavy atom. The molecule has 2 amide bonds. The van der Waals surface area contributed by atoms with Crippen LogP contribution in [0.5, 0.6) is 0 Å². The molecule has 1 atom stereocenters. The van der Waals surface area contributed by atoms with Crippen molar-refractivity contribution < 1.29 is 9.59 Å². The highest BCUT2D eigenvalue weighted by atomic mass is 16.2. The monoisotopic (exact) mass is 456 g/mol. The molecule has 0 radical (unpaired) electrons. The summed E-state index contributed by atoms with van der Waals surface area (Å²) in [5.41, 5.74) is 8.30. The molecule has 1 aromatic heterocycles. The molecular weight excluding hydrogens is 424 g/mol. The maximum atomic E-state index is 13.2. The topological polar surface area (TPSA) is 78.1 Å². The second-order valence-corrected chi connectivity index (χ2v) is 10.8. The summed E-state index contributed by atoms with van der Waals surface area (Å²) in [6.45, 7) is 11.1. The summed E-state index contributed by atoms with van der Waals surface area (Å²) in [7, 11) is 0. The predicted octanol–water partition coefficient (Wildman–Crippen LogP) is 5.06. The van der Waals surface area contributed by atoms with Crippen LogP contribution < -0.4 is 5.32 Å². The summed E-state index contributed by atoms with van der Waals surface area (Å²) in [6, 6.07) is 13.6. The number of aromatic nitrogens is 2. The van der Waals surface area contributed by atoms with E-state index in [1.54, 1.807) is 0 Å². The van der Waals surface area contributed by atoms with Gasteiger partial charge < -0.3 is 10.2 Å². The Hall–Kier alpha value is -3.41. The Labute approximate surface area is 200 Å². The van der Waals surface area contributed by atoms with Gasteiger partial charge in [-0.05, 0) is 74.4 Å². The SMILES string of the molecule is CC(C)NC(=O)c1ccc(C(C)N2Cc3cc(-c4n[nH]c5c4CC(C)(C)C5)ccc3C2=O)cc1. The van der Waals surface area contributed by atoms with E-state index >= 15 is 0 Å². The van der Waals surface area contributed by atoms with E-state index in [0.29, 0.717) is 12.1 Å². The number of benzene rings is 2. The summed E-state index contributed by atoms with van der Waals surface area (Å²) in [6.07, 6.45) is 2.03. The Kier molecular flexibility index (Phi) is 5.34. The lowest BCUT2D eigenvalue weighted by Crippen LogP contribution is -2.30. The van der Waals surface area contributed by atoms with Crippen molar-refractivity contribution in [3.63, 3.8) is 0 Å². The zero-order valence-corrected chi connectivity index (χ0v) is 20.5. The van der Waals surface area contributed by atoms with Crippen molar-refractivity contribution in [1.29, 1.82) is 0 Å². The van der Waals surface area contributed by atoms with Crippen LogP contribution in [-0.4, -0.2) is 33.0 Å². The third-order valence-electron chi connectivity index (χ3n) is 7.02. The van der Waals surface area contributed by atoms with Crippen molar-refractivity contribution >= 4 is 11.8 Å². The van der Waals surface area contributed by atoms with Crippen molar-refractivity contribution in [2.45, 2.75) is 66.1 Å². The molecule has 2 aliphatic rings. The van der Waals surface area contributed by atoms with Crippen LogP contribution in [0, 0.1) is 5.41 Å². The summed E-state index contributed by atoms with van der Waals surface area (Å²) in [5.74, 6) is -0.0382. The van der Waals surface area contributed by atoms with E-state index < -0.39 is 0 Å². The molecule has 1 aliphatic heterocycles. The number of rotatable bonds is 5. The predicted molar refractivity (Wildman–Crippen MR) is 133 cm³/mol. The fourth-order valence-corrected chi connectivity index (χ4v) is 5.24. The molecule has 0 spiro atoms. The molecule has 2 aromatic carbocycles. The maximum Gasteiger partial charge on any atom is 0.255 e. The Morgan fingerprint density at radius 3 is 2.53 bits per heavy atom. The van der Waals surface area contributed by atoms with Crippen LogP contribution in [0.15, 0.2) is 42.5 Å². The zero-order valence-electron chi connectivity index (χ0n) is 20.5. The van der Waals surface area contributed by atoms with Crippen LogP contribution in [0.3, 0.4) is 0 Å². The third kappa shape index (κ3) is 3.91. The summed E-state index contributed by atoms with van der Waals surface area (Å²) < 4.78 is 0. The number of carbonyl (C=O) groups is 2. The molecule has 1 unspecified atom stereocenters. The molecule has 34 heavy (non-hydrogen) atoms. The number of nitrogens with one attached hydrogen (secondary N) is 2. The van der Waals surface area contributed by atoms with Crippen LogP contribution in [0.1, 0.15) is 83.8 Å². The first-order chi connectivity index (χ1) is 16.1. The molecular formula is C28H32N4O2. The molecule has 0 saturated heterocycles. The average molecular weight is 457 g/mol. The van der Waals surface area contributed by atoms with Gasteiger partial charge in [-0.3, -0.25) is 14.7 Å². The van der Waals surface area contributed by atoms with Gasteiger partial charge in [0.2, 0.25) is 0 Å². The van der Waals surface area contributed by atoms with Gasteiger partial charge in [-0.2, -0.15) is 5.10 Å². The van der Waals surface area contributed by atoms with Crippen LogP contribution >= 0.6 is 0 Å².